The molecule has 2 atom stereocenters. The maximum atomic E-state index is 11.2. The summed E-state index contributed by atoms with van der Waals surface area (Å²) in [5, 5.41) is 22.4. The summed E-state index contributed by atoms with van der Waals surface area (Å²) >= 11 is 0. The molecule has 0 spiro atoms. The van der Waals surface area contributed by atoms with Gasteiger partial charge in [0.05, 0.1) is 21.9 Å². The highest BCUT2D eigenvalue weighted by Gasteiger charge is 2.36. The average Bonchev–Trinajstić information content (AvgIpc) is 2.93. The van der Waals surface area contributed by atoms with E-state index in [9.17, 15) is 20.2 Å². The third-order valence-electron chi connectivity index (χ3n) is 6.64. The molecule has 0 saturated carbocycles. The Bertz CT molecular complexity index is 1240. The number of nitrogens with zero attached hydrogens (tertiary/aromatic N) is 4. The van der Waals surface area contributed by atoms with E-state index in [1.165, 1.54) is 24.3 Å². The van der Waals surface area contributed by atoms with Crippen molar-refractivity contribution >= 4 is 22.7 Å². The number of piperazine rings is 1. The lowest BCUT2D eigenvalue weighted by Gasteiger charge is -2.49. The van der Waals surface area contributed by atoms with Crippen LogP contribution in [-0.4, -0.2) is 22.9 Å². The maximum absolute atomic E-state index is 11.2. The zero-order valence-electron chi connectivity index (χ0n) is 19.4. The van der Waals surface area contributed by atoms with Gasteiger partial charge in [-0.2, -0.15) is 0 Å². The molecule has 1 heterocycles. The average molecular weight is 481 g/mol. The molecule has 1 aliphatic heterocycles. The number of nitro groups is 2. The van der Waals surface area contributed by atoms with Crippen molar-refractivity contribution in [1.82, 2.24) is 0 Å². The molecule has 8 nitrogen and oxygen atoms in total. The lowest BCUT2D eigenvalue weighted by molar-refractivity contribution is -0.385. The molecule has 0 bridgehead atoms. The Morgan fingerprint density at radius 3 is 1.17 bits per heavy atom. The molecule has 0 N–H and O–H groups in total. The van der Waals surface area contributed by atoms with Gasteiger partial charge in [-0.1, -0.05) is 60.7 Å². The van der Waals surface area contributed by atoms with Crippen LogP contribution in [0, 0.1) is 20.2 Å². The summed E-state index contributed by atoms with van der Waals surface area (Å²) in [5.74, 6) is 0. The minimum Gasteiger partial charge on any atom is -0.360 e. The first-order valence-corrected chi connectivity index (χ1v) is 11.6. The number of anilines is 2. The second-order valence-corrected chi connectivity index (χ2v) is 8.70. The molecule has 4 aromatic carbocycles. The Balaban J connectivity index is 1.59. The van der Waals surface area contributed by atoms with Crippen LogP contribution in [0.15, 0.2) is 109 Å². The second-order valence-electron chi connectivity index (χ2n) is 8.70. The first-order valence-electron chi connectivity index (χ1n) is 11.6. The van der Waals surface area contributed by atoms with Crippen LogP contribution in [-0.2, 0) is 0 Å². The van der Waals surface area contributed by atoms with E-state index < -0.39 is 9.85 Å². The minimum atomic E-state index is -0.391. The summed E-state index contributed by atoms with van der Waals surface area (Å²) < 4.78 is 0. The molecule has 0 aliphatic carbocycles. The number of nitro benzene ring substituents is 2. The Kier molecular flexibility index (Phi) is 6.32. The minimum absolute atomic E-state index is 0.0391. The van der Waals surface area contributed by atoms with E-state index in [0.717, 1.165) is 22.5 Å². The van der Waals surface area contributed by atoms with Crippen LogP contribution >= 0.6 is 0 Å². The molecule has 2 unspecified atom stereocenters. The molecular formula is C28H24N4O4. The lowest BCUT2D eigenvalue weighted by Crippen LogP contribution is -2.50. The normalized spacial score (nSPS) is 17.6. The molecule has 5 rings (SSSR count). The summed E-state index contributed by atoms with van der Waals surface area (Å²) in [5.41, 5.74) is 4.15. The predicted molar refractivity (Wildman–Crippen MR) is 139 cm³/mol. The largest absolute Gasteiger partial charge is 0.360 e. The summed E-state index contributed by atoms with van der Waals surface area (Å²) in [6.07, 6.45) is 0. The third-order valence-corrected chi connectivity index (χ3v) is 6.64. The number of hydrogen-bond acceptors (Lipinski definition) is 6. The van der Waals surface area contributed by atoms with E-state index in [4.69, 9.17) is 0 Å². The SMILES string of the molecule is O=[N+]([O-])c1ccc(N2CC(c3ccccc3)N(c3ccc([N+](=O)[O-])cc3)CC2c2ccccc2)cc1. The topological polar surface area (TPSA) is 92.8 Å². The van der Waals surface area contributed by atoms with Gasteiger partial charge in [0.25, 0.3) is 11.4 Å². The van der Waals surface area contributed by atoms with Crippen LogP contribution in [0.25, 0.3) is 0 Å². The third kappa shape index (κ3) is 4.61. The van der Waals surface area contributed by atoms with E-state index in [1.54, 1.807) is 24.3 Å². The fraction of sp³-hybridized carbons (Fsp3) is 0.143. The second kappa shape index (κ2) is 9.87. The van der Waals surface area contributed by atoms with E-state index in [0.29, 0.717) is 13.1 Å². The standard InChI is InChI=1S/C28H24N4O4/c33-31(34)25-15-11-23(12-16-25)29-20-28(22-9-5-2-6-10-22)30(19-27(29)21-7-3-1-4-8-21)24-13-17-26(18-14-24)32(35)36/h1-18,27-28H,19-20H2. The van der Waals surface area contributed by atoms with Crippen molar-refractivity contribution in [2.45, 2.75) is 12.1 Å². The summed E-state index contributed by atoms with van der Waals surface area (Å²) in [4.78, 5) is 26.2. The fourth-order valence-corrected chi connectivity index (χ4v) is 4.85. The summed E-state index contributed by atoms with van der Waals surface area (Å²) in [6.45, 7) is 1.25. The van der Waals surface area contributed by atoms with Gasteiger partial charge < -0.3 is 9.80 Å². The van der Waals surface area contributed by atoms with Gasteiger partial charge >= 0.3 is 0 Å². The summed E-state index contributed by atoms with van der Waals surface area (Å²) in [7, 11) is 0. The van der Waals surface area contributed by atoms with Crippen LogP contribution in [0.3, 0.4) is 0 Å². The Labute approximate surface area is 208 Å². The van der Waals surface area contributed by atoms with E-state index >= 15 is 0 Å². The molecule has 8 heteroatoms. The van der Waals surface area contributed by atoms with Crippen molar-refractivity contribution < 1.29 is 9.85 Å². The molecule has 36 heavy (non-hydrogen) atoms. The highest BCUT2D eigenvalue weighted by Crippen LogP contribution is 2.41. The zero-order chi connectivity index (χ0) is 25.1. The van der Waals surface area contributed by atoms with Crippen LogP contribution in [0.5, 0.6) is 0 Å². The van der Waals surface area contributed by atoms with Gasteiger partial charge in [-0.3, -0.25) is 20.2 Å². The molecular weight excluding hydrogens is 456 g/mol. The fourth-order valence-electron chi connectivity index (χ4n) is 4.85. The smallest absolute Gasteiger partial charge is 0.269 e. The number of non-ortho nitro benzene ring substituents is 2. The van der Waals surface area contributed by atoms with Crippen molar-refractivity contribution in [3.05, 3.63) is 141 Å². The van der Waals surface area contributed by atoms with Crippen LogP contribution in [0.2, 0.25) is 0 Å². The molecule has 180 valence electrons. The molecule has 1 aliphatic rings. The number of hydrogen-bond donors (Lipinski definition) is 0. The monoisotopic (exact) mass is 480 g/mol. The number of rotatable bonds is 6. The number of benzene rings is 4. The first-order chi connectivity index (χ1) is 17.5. The van der Waals surface area contributed by atoms with Gasteiger partial charge in [0.2, 0.25) is 0 Å². The summed E-state index contributed by atoms with van der Waals surface area (Å²) in [6, 6.07) is 33.6. The molecule has 0 amide bonds. The van der Waals surface area contributed by atoms with Crippen molar-refractivity contribution in [3.8, 4) is 0 Å². The van der Waals surface area contributed by atoms with Crippen LogP contribution in [0.4, 0.5) is 22.7 Å². The predicted octanol–water partition coefficient (Wildman–Crippen LogP) is 6.31. The van der Waals surface area contributed by atoms with E-state index in [2.05, 4.69) is 34.1 Å². The zero-order valence-corrected chi connectivity index (χ0v) is 19.4. The Morgan fingerprint density at radius 1 is 0.528 bits per heavy atom. The lowest BCUT2D eigenvalue weighted by atomic mass is 9.94. The molecule has 0 aromatic heterocycles. The van der Waals surface area contributed by atoms with Crippen molar-refractivity contribution in [2.75, 3.05) is 22.9 Å². The highest BCUT2D eigenvalue weighted by molar-refractivity contribution is 5.59. The molecule has 4 aromatic rings. The van der Waals surface area contributed by atoms with Gasteiger partial charge in [0.1, 0.15) is 0 Å². The van der Waals surface area contributed by atoms with Crippen LogP contribution < -0.4 is 9.80 Å². The van der Waals surface area contributed by atoms with Gasteiger partial charge in [-0.25, -0.2) is 0 Å². The molecule has 0 radical (unpaired) electrons. The van der Waals surface area contributed by atoms with Crippen molar-refractivity contribution in [2.24, 2.45) is 0 Å². The van der Waals surface area contributed by atoms with Gasteiger partial charge in [0, 0.05) is 48.7 Å². The molecule has 1 fully saturated rings. The highest BCUT2D eigenvalue weighted by atomic mass is 16.6. The van der Waals surface area contributed by atoms with Crippen molar-refractivity contribution in [1.29, 1.82) is 0 Å². The molecule has 1 saturated heterocycles. The van der Waals surface area contributed by atoms with Gasteiger partial charge in [-0.05, 0) is 35.4 Å². The maximum Gasteiger partial charge on any atom is 0.269 e. The van der Waals surface area contributed by atoms with Gasteiger partial charge in [0.15, 0.2) is 0 Å². The van der Waals surface area contributed by atoms with Crippen molar-refractivity contribution in [3.63, 3.8) is 0 Å². The van der Waals surface area contributed by atoms with E-state index in [-0.39, 0.29) is 23.5 Å². The van der Waals surface area contributed by atoms with Gasteiger partial charge in [-0.15, -0.1) is 0 Å². The Hall–Kier alpha value is -4.72. The van der Waals surface area contributed by atoms with Crippen LogP contribution in [0.1, 0.15) is 23.2 Å². The van der Waals surface area contributed by atoms with E-state index in [1.807, 2.05) is 36.4 Å². The quantitative estimate of drug-likeness (QED) is 0.237. The Morgan fingerprint density at radius 2 is 0.861 bits per heavy atom. The first kappa shape index (κ1) is 23.0.